The fourth-order valence-electron chi connectivity index (χ4n) is 4.74. The number of para-hydroxylation sites is 2. The van der Waals surface area contributed by atoms with Gasteiger partial charge in [0.05, 0.1) is 0 Å². The van der Waals surface area contributed by atoms with Crippen LogP contribution in [0.4, 0.5) is 11.4 Å². The molecule has 0 bridgehead atoms. The Balaban J connectivity index is 1.28. The van der Waals surface area contributed by atoms with Gasteiger partial charge in [-0.2, -0.15) is 0 Å². The number of rotatable bonds is 4. The molecule has 0 atom stereocenters. The Labute approximate surface area is 218 Å². The summed E-state index contributed by atoms with van der Waals surface area (Å²) in [6.45, 7) is 6.92. The number of nitrogens with zero attached hydrogens (tertiary/aromatic N) is 2. The van der Waals surface area contributed by atoms with Gasteiger partial charge in [-0.15, -0.1) is 0 Å². The van der Waals surface area contributed by atoms with Crippen molar-refractivity contribution in [1.29, 1.82) is 0 Å². The Morgan fingerprint density at radius 3 is 1.97 bits per heavy atom. The van der Waals surface area contributed by atoms with Crippen molar-refractivity contribution in [2.75, 3.05) is 14.7 Å². The van der Waals surface area contributed by atoms with Crippen LogP contribution in [0.2, 0.25) is 0 Å². The van der Waals surface area contributed by atoms with Crippen molar-refractivity contribution in [3.05, 3.63) is 119 Å². The molecular formula is C30H28IN2O2-. The molecule has 0 amide bonds. The third-order valence-corrected chi connectivity index (χ3v) is 9.01. The number of anilines is 2. The average Bonchev–Trinajstić information content (AvgIpc) is 2.92. The van der Waals surface area contributed by atoms with E-state index in [-0.39, 0.29) is 5.41 Å². The van der Waals surface area contributed by atoms with E-state index in [2.05, 4.69) is 113 Å². The van der Waals surface area contributed by atoms with E-state index < -0.39 is 21.9 Å². The van der Waals surface area contributed by atoms with Gasteiger partial charge in [0.25, 0.3) is 0 Å². The molecule has 2 aliphatic heterocycles. The second-order valence-corrected chi connectivity index (χ2v) is 11.6. The zero-order valence-corrected chi connectivity index (χ0v) is 22.1. The quantitative estimate of drug-likeness (QED) is 0.274. The second kappa shape index (κ2) is 9.11. The molecule has 0 radical (unpaired) electrons. The van der Waals surface area contributed by atoms with Crippen LogP contribution in [0.3, 0.4) is 0 Å². The van der Waals surface area contributed by atoms with Gasteiger partial charge in [-0.1, -0.05) is 18.2 Å². The predicted molar refractivity (Wildman–Crippen MR) is 136 cm³/mol. The zero-order valence-electron chi connectivity index (χ0n) is 19.9. The van der Waals surface area contributed by atoms with Gasteiger partial charge in [0.15, 0.2) is 0 Å². The topological polar surface area (TPSA) is 24.9 Å². The molecule has 4 aromatic rings. The van der Waals surface area contributed by atoms with E-state index in [1.54, 1.807) is 0 Å². The van der Waals surface area contributed by atoms with Crippen LogP contribution >= 0.6 is 0 Å². The summed E-state index contributed by atoms with van der Waals surface area (Å²) in [6, 6.07) is 34.4. The number of hydrogen-bond donors (Lipinski definition) is 0. The van der Waals surface area contributed by atoms with E-state index >= 15 is 0 Å². The van der Waals surface area contributed by atoms with Gasteiger partial charge in [0.1, 0.15) is 0 Å². The van der Waals surface area contributed by atoms with E-state index in [9.17, 15) is 0 Å². The summed E-state index contributed by atoms with van der Waals surface area (Å²) in [5.41, 5.74) is 7.33. The number of hydrogen-bond acceptors (Lipinski definition) is 4. The van der Waals surface area contributed by atoms with Crippen molar-refractivity contribution in [3.63, 3.8) is 0 Å². The molecule has 2 heterocycles. The normalized spacial score (nSPS) is 15.3. The molecule has 0 unspecified atom stereocenters. The third kappa shape index (κ3) is 4.33. The molecule has 35 heavy (non-hydrogen) atoms. The summed E-state index contributed by atoms with van der Waals surface area (Å²) in [5.74, 6) is 2.01. The molecule has 178 valence electrons. The Kier molecular flexibility index (Phi) is 5.80. The van der Waals surface area contributed by atoms with Gasteiger partial charge in [-0.3, -0.25) is 0 Å². The first-order valence-corrected chi connectivity index (χ1v) is 13.8. The van der Waals surface area contributed by atoms with Crippen molar-refractivity contribution in [2.45, 2.75) is 32.4 Å². The summed E-state index contributed by atoms with van der Waals surface area (Å²) in [7, 11) is 0. The first kappa shape index (κ1) is 22.3. The molecule has 0 saturated heterocycles. The van der Waals surface area contributed by atoms with Gasteiger partial charge in [-0.25, -0.2) is 0 Å². The fourth-order valence-corrected chi connectivity index (χ4v) is 6.68. The summed E-state index contributed by atoms with van der Waals surface area (Å²) in [4.78, 5) is 2.27. The van der Waals surface area contributed by atoms with Crippen LogP contribution in [-0.2, 0) is 18.5 Å². The molecule has 0 N–H and O–H groups in total. The summed E-state index contributed by atoms with van der Waals surface area (Å²) < 4.78 is 14.7. The number of benzene rings is 4. The molecule has 0 fully saturated rings. The van der Waals surface area contributed by atoms with E-state index in [1.807, 2.05) is 6.07 Å². The fraction of sp³-hybridized carbons (Fsp3) is 0.200. The minimum absolute atomic E-state index is 0.150. The predicted octanol–water partition coefficient (Wildman–Crippen LogP) is 3.69. The Bertz CT molecular complexity index is 1240. The van der Waals surface area contributed by atoms with Crippen LogP contribution in [0, 0.1) is 0 Å². The number of ether oxygens (including phenoxy) is 1. The molecular weight excluding hydrogens is 547 g/mol. The van der Waals surface area contributed by atoms with Gasteiger partial charge in [0, 0.05) is 0 Å². The molecule has 0 saturated carbocycles. The maximum atomic E-state index is 6.21. The van der Waals surface area contributed by atoms with Crippen LogP contribution in [0.5, 0.6) is 11.5 Å². The second-order valence-electron chi connectivity index (χ2n) is 9.58. The van der Waals surface area contributed by atoms with Crippen molar-refractivity contribution in [1.82, 2.24) is 0 Å². The Morgan fingerprint density at radius 2 is 1.29 bits per heavy atom. The monoisotopic (exact) mass is 575 g/mol. The standard InChI is InChI=1S/C30H28IN2O2/c1-30(2,24-13-15-28-22(17-24)19-32(21-34-28)26-9-5-3-6-10-26)25-14-16-29-23(18-25)20-33(31-35-29)27-11-7-4-8-12-27/h3-18H,19-21H2,1-2H3/q-1. The molecule has 0 spiro atoms. The first-order valence-electron chi connectivity index (χ1n) is 11.9. The number of halogens is 1. The Hall–Kier alpha value is -3.19. The van der Waals surface area contributed by atoms with Gasteiger partial charge in [0.2, 0.25) is 0 Å². The van der Waals surface area contributed by atoms with Gasteiger partial charge < -0.3 is 0 Å². The average molecular weight is 575 g/mol. The summed E-state index contributed by atoms with van der Waals surface area (Å²) >= 11 is -0.518. The van der Waals surface area contributed by atoms with Crippen LogP contribution in [0.25, 0.3) is 0 Å². The van der Waals surface area contributed by atoms with E-state index in [0.717, 1.165) is 24.6 Å². The van der Waals surface area contributed by atoms with E-state index in [1.165, 1.54) is 33.6 Å². The van der Waals surface area contributed by atoms with Crippen LogP contribution in [0.15, 0.2) is 97.1 Å². The van der Waals surface area contributed by atoms with Crippen LogP contribution < -0.4 is 37.7 Å². The van der Waals surface area contributed by atoms with Crippen molar-refractivity contribution in [2.24, 2.45) is 0 Å². The summed E-state index contributed by atoms with van der Waals surface area (Å²) in [6.07, 6.45) is 0. The SMILES string of the molecule is CC(C)(c1ccc2c(c1)CN(c1ccccc1)CO2)c1ccc2c(c1)CN(c1ccccc1)[I-]O2. The van der Waals surface area contributed by atoms with Crippen molar-refractivity contribution < 1.29 is 29.7 Å². The minimum atomic E-state index is -0.518. The molecule has 0 aliphatic carbocycles. The molecule has 2 aliphatic rings. The van der Waals surface area contributed by atoms with Gasteiger partial charge >= 0.3 is 189 Å². The molecule has 6 rings (SSSR count). The van der Waals surface area contributed by atoms with Gasteiger partial charge in [-0.05, 0) is 12.1 Å². The number of fused-ring (bicyclic) bond motifs is 2. The molecule has 0 aromatic heterocycles. The van der Waals surface area contributed by atoms with Crippen molar-refractivity contribution in [3.8, 4) is 11.5 Å². The van der Waals surface area contributed by atoms with E-state index in [0.29, 0.717) is 6.73 Å². The Morgan fingerprint density at radius 1 is 0.686 bits per heavy atom. The molecule has 5 heteroatoms. The zero-order chi connectivity index (χ0) is 23.8. The maximum absolute atomic E-state index is 6.21. The van der Waals surface area contributed by atoms with Crippen molar-refractivity contribution >= 4 is 11.4 Å². The summed E-state index contributed by atoms with van der Waals surface area (Å²) in [5, 5.41) is 0. The molecule has 4 nitrogen and oxygen atoms in total. The van der Waals surface area contributed by atoms with Crippen LogP contribution in [0.1, 0.15) is 36.1 Å². The van der Waals surface area contributed by atoms with Crippen LogP contribution in [-0.4, -0.2) is 6.73 Å². The first-order chi connectivity index (χ1) is 17.1. The van der Waals surface area contributed by atoms with E-state index in [4.69, 9.17) is 7.80 Å². The molecule has 4 aromatic carbocycles. The third-order valence-electron chi connectivity index (χ3n) is 6.97.